The van der Waals surface area contributed by atoms with E-state index in [2.05, 4.69) is 15.0 Å². The molecule has 1 aromatic heterocycles. The summed E-state index contributed by atoms with van der Waals surface area (Å²) in [5, 5.41) is 11.5. The van der Waals surface area contributed by atoms with Gasteiger partial charge < -0.3 is 15.2 Å². The van der Waals surface area contributed by atoms with Crippen LogP contribution in [0.15, 0.2) is 12.3 Å². The first-order valence-electron chi connectivity index (χ1n) is 6.07. The van der Waals surface area contributed by atoms with Crippen LogP contribution in [0.25, 0.3) is 0 Å². The molecule has 21 heavy (non-hydrogen) atoms. The van der Waals surface area contributed by atoms with E-state index in [1.807, 2.05) is 0 Å². The second kappa shape index (κ2) is 7.58. The lowest BCUT2D eigenvalue weighted by molar-refractivity contribution is -0.142. The van der Waals surface area contributed by atoms with E-state index in [0.717, 1.165) is 0 Å². The Hall–Kier alpha value is -2.15. The molecule has 1 rings (SSSR count). The molecule has 8 heteroatoms. The predicted molar refractivity (Wildman–Crippen MR) is 74.1 cm³/mol. The van der Waals surface area contributed by atoms with E-state index >= 15 is 0 Å². The second-order valence-corrected chi connectivity index (χ2v) is 4.69. The number of esters is 1. The minimum absolute atomic E-state index is 0.0755. The largest absolute Gasteiger partial charge is 0.480 e. The highest BCUT2D eigenvalue weighted by Gasteiger charge is 2.23. The third-order valence-corrected chi connectivity index (χ3v) is 3.02. The highest BCUT2D eigenvalue weighted by molar-refractivity contribution is 6.33. The van der Waals surface area contributed by atoms with Gasteiger partial charge in [0.1, 0.15) is 6.04 Å². The number of carbonyl (C=O) groups is 3. The first-order chi connectivity index (χ1) is 9.85. The number of nitrogens with one attached hydrogen (secondary N) is 1. The third-order valence-electron chi connectivity index (χ3n) is 2.70. The topological polar surface area (TPSA) is 106 Å². The van der Waals surface area contributed by atoms with Crippen LogP contribution in [0.4, 0.5) is 0 Å². The summed E-state index contributed by atoms with van der Waals surface area (Å²) in [6, 6.07) is 0.287. The molecule has 0 spiro atoms. The maximum absolute atomic E-state index is 12.0. The number of aromatic nitrogens is 1. The Labute approximate surface area is 126 Å². The zero-order chi connectivity index (χ0) is 16.0. The normalized spacial score (nSPS) is 11.6. The van der Waals surface area contributed by atoms with Crippen molar-refractivity contribution in [2.45, 2.75) is 25.8 Å². The molecule has 7 nitrogen and oxygen atoms in total. The van der Waals surface area contributed by atoms with Crippen LogP contribution in [0.5, 0.6) is 0 Å². The third kappa shape index (κ3) is 5.03. The maximum Gasteiger partial charge on any atom is 0.326 e. The molecule has 0 fully saturated rings. The molecule has 0 aliphatic heterocycles. The Morgan fingerprint density at radius 2 is 2.14 bits per heavy atom. The van der Waals surface area contributed by atoms with Gasteiger partial charge >= 0.3 is 11.9 Å². The number of pyridine rings is 1. The van der Waals surface area contributed by atoms with E-state index in [4.69, 9.17) is 16.7 Å². The van der Waals surface area contributed by atoms with Gasteiger partial charge in [-0.2, -0.15) is 0 Å². The molecular formula is C13H15ClN2O5. The monoisotopic (exact) mass is 314 g/mol. The van der Waals surface area contributed by atoms with E-state index < -0.39 is 23.9 Å². The van der Waals surface area contributed by atoms with E-state index in [-0.39, 0.29) is 23.4 Å². The number of carboxylic acid groups (broad SMARTS) is 1. The minimum atomic E-state index is -1.25. The number of halogens is 1. The summed E-state index contributed by atoms with van der Waals surface area (Å²) in [4.78, 5) is 38.0. The average Bonchev–Trinajstić information content (AvgIpc) is 2.42. The lowest BCUT2D eigenvalue weighted by Gasteiger charge is -2.14. The zero-order valence-electron chi connectivity index (χ0n) is 11.6. The lowest BCUT2D eigenvalue weighted by atomic mass is 10.1. The number of methoxy groups -OCH3 is 1. The molecule has 0 saturated carbocycles. The quantitative estimate of drug-likeness (QED) is 0.764. The predicted octanol–water partition coefficient (Wildman–Crippen LogP) is 1.18. The van der Waals surface area contributed by atoms with Crippen molar-refractivity contribution < 1.29 is 24.2 Å². The van der Waals surface area contributed by atoms with E-state index in [1.165, 1.54) is 19.4 Å². The molecule has 1 amide bonds. The fraction of sp³-hybridized carbons (Fsp3) is 0.385. The minimum Gasteiger partial charge on any atom is -0.480 e. The molecule has 0 unspecified atom stereocenters. The lowest BCUT2D eigenvalue weighted by Crippen LogP contribution is -2.41. The number of amides is 1. The standard InChI is InChI=1S/C13H15ClN2O5/c1-7-5-9(14)8(6-15-7)12(18)16-10(13(19)20)3-4-11(17)21-2/h5-6,10H,3-4H2,1-2H3,(H,16,18)(H,19,20)/t10-/m0/s1. The molecule has 1 aromatic rings. The maximum atomic E-state index is 12.0. The van der Waals surface area contributed by atoms with Gasteiger partial charge in [-0.15, -0.1) is 0 Å². The number of carboxylic acids is 1. The van der Waals surface area contributed by atoms with Crippen LogP contribution in [-0.4, -0.2) is 41.1 Å². The van der Waals surface area contributed by atoms with E-state index in [0.29, 0.717) is 5.69 Å². The zero-order valence-corrected chi connectivity index (χ0v) is 12.3. The Balaban J connectivity index is 2.76. The van der Waals surface area contributed by atoms with Crippen molar-refractivity contribution in [3.05, 3.63) is 28.5 Å². The molecular weight excluding hydrogens is 300 g/mol. The molecule has 0 aliphatic carbocycles. The summed E-state index contributed by atoms with van der Waals surface area (Å²) >= 11 is 5.92. The second-order valence-electron chi connectivity index (χ2n) is 4.28. The van der Waals surface area contributed by atoms with Crippen molar-refractivity contribution in [3.63, 3.8) is 0 Å². The van der Waals surface area contributed by atoms with E-state index in [9.17, 15) is 14.4 Å². The highest BCUT2D eigenvalue weighted by atomic mass is 35.5. The van der Waals surface area contributed by atoms with Gasteiger partial charge in [0.05, 0.1) is 17.7 Å². The number of hydrogen-bond donors (Lipinski definition) is 2. The highest BCUT2D eigenvalue weighted by Crippen LogP contribution is 2.16. The van der Waals surface area contributed by atoms with Crippen LogP contribution in [0.1, 0.15) is 28.9 Å². The van der Waals surface area contributed by atoms with Crippen molar-refractivity contribution in [1.82, 2.24) is 10.3 Å². The molecule has 0 radical (unpaired) electrons. The number of aryl methyl sites for hydroxylation is 1. The van der Waals surface area contributed by atoms with Crippen molar-refractivity contribution in [2.75, 3.05) is 7.11 Å². The number of aliphatic carboxylic acids is 1. The fourth-order valence-corrected chi connectivity index (χ4v) is 1.84. The molecule has 0 aliphatic rings. The van der Waals surface area contributed by atoms with Crippen molar-refractivity contribution in [1.29, 1.82) is 0 Å². The molecule has 114 valence electrons. The van der Waals surface area contributed by atoms with Gasteiger partial charge in [-0.1, -0.05) is 11.6 Å². The van der Waals surface area contributed by atoms with Crippen LogP contribution in [0, 0.1) is 6.92 Å². The van der Waals surface area contributed by atoms with Crippen LogP contribution < -0.4 is 5.32 Å². The average molecular weight is 315 g/mol. The van der Waals surface area contributed by atoms with Crippen molar-refractivity contribution in [2.24, 2.45) is 0 Å². The Kier molecular flexibility index (Phi) is 6.10. The van der Waals surface area contributed by atoms with Gasteiger partial charge in [0.25, 0.3) is 5.91 Å². The van der Waals surface area contributed by atoms with Gasteiger partial charge in [-0.25, -0.2) is 4.79 Å². The van der Waals surface area contributed by atoms with Crippen LogP contribution in [0.3, 0.4) is 0 Å². The Bertz CT molecular complexity index is 561. The van der Waals surface area contributed by atoms with Gasteiger partial charge in [0.2, 0.25) is 0 Å². The van der Waals surface area contributed by atoms with Crippen molar-refractivity contribution in [3.8, 4) is 0 Å². The van der Waals surface area contributed by atoms with Crippen LogP contribution in [-0.2, 0) is 14.3 Å². The number of hydrogen-bond acceptors (Lipinski definition) is 5. The SMILES string of the molecule is COC(=O)CC[C@H](NC(=O)c1cnc(C)cc1Cl)C(=O)O. The summed E-state index contributed by atoms with van der Waals surface area (Å²) in [6.45, 7) is 1.71. The molecule has 1 atom stereocenters. The Morgan fingerprint density at radius 3 is 2.67 bits per heavy atom. The molecule has 0 saturated heterocycles. The van der Waals surface area contributed by atoms with Crippen molar-refractivity contribution >= 4 is 29.4 Å². The van der Waals surface area contributed by atoms with Gasteiger partial charge in [0.15, 0.2) is 0 Å². The molecule has 0 aromatic carbocycles. The fourth-order valence-electron chi connectivity index (χ4n) is 1.55. The van der Waals surface area contributed by atoms with Gasteiger partial charge in [0, 0.05) is 18.3 Å². The smallest absolute Gasteiger partial charge is 0.326 e. The summed E-state index contributed by atoms with van der Waals surface area (Å²) in [5.41, 5.74) is 0.712. The summed E-state index contributed by atoms with van der Waals surface area (Å²) in [5.74, 6) is -2.46. The summed E-state index contributed by atoms with van der Waals surface area (Å²) in [6.07, 6.45) is 1.07. The number of carbonyl (C=O) groups excluding carboxylic acids is 2. The Morgan fingerprint density at radius 1 is 1.48 bits per heavy atom. The van der Waals surface area contributed by atoms with Crippen LogP contribution in [0.2, 0.25) is 5.02 Å². The summed E-state index contributed by atoms with van der Waals surface area (Å²) < 4.78 is 4.43. The van der Waals surface area contributed by atoms with E-state index in [1.54, 1.807) is 6.92 Å². The van der Waals surface area contributed by atoms with Gasteiger partial charge in [-0.05, 0) is 19.4 Å². The molecule has 1 heterocycles. The molecule has 0 bridgehead atoms. The number of nitrogens with zero attached hydrogens (tertiary/aromatic N) is 1. The first-order valence-corrected chi connectivity index (χ1v) is 6.45. The molecule has 2 N–H and O–H groups in total. The number of ether oxygens (including phenoxy) is 1. The van der Waals surface area contributed by atoms with Crippen LogP contribution >= 0.6 is 11.6 Å². The first kappa shape index (κ1) is 16.9. The summed E-state index contributed by atoms with van der Waals surface area (Å²) in [7, 11) is 1.20. The number of rotatable bonds is 6. The van der Waals surface area contributed by atoms with Gasteiger partial charge in [-0.3, -0.25) is 14.6 Å².